The van der Waals surface area contributed by atoms with Crippen molar-refractivity contribution >= 4 is 17.6 Å². The first kappa shape index (κ1) is 8.50. The fourth-order valence-electron chi connectivity index (χ4n) is 0.279. The van der Waals surface area contributed by atoms with Crippen LogP contribution in [-0.2, 0) is 9.53 Å². The van der Waals surface area contributed by atoms with Crippen LogP contribution in [0.15, 0.2) is 12.2 Å². The highest BCUT2D eigenvalue weighted by atomic mass is 35.5. The van der Waals surface area contributed by atoms with Crippen LogP contribution in [0.25, 0.3) is 0 Å². The summed E-state index contributed by atoms with van der Waals surface area (Å²) in [7, 11) is 1.32. The number of hydrogen-bond donors (Lipinski definition) is 0. The molecule has 0 bridgehead atoms. The summed E-state index contributed by atoms with van der Waals surface area (Å²) in [6, 6.07) is 0. The van der Waals surface area contributed by atoms with Gasteiger partial charge in [0.05, 0.1) is 7.11 Å². The Morgan fingerprint density at radius 3 is 2.67 bits per heavy atom. The molecular formula is C6H9ClO2. The summed E-state index contributed by atoms with van der Waals surface area (Å²) < 4.78 is 4.32. The average Bonchev–Trinajstić information content (AvgIpc) is 1.83. The maximum Gasteiger partial charge on any atom is 0.330 e. The SMILES string of the molecule is COC(=O)C=CC(C)Cl. The predicted octanol–water partition coefficient (Wildman–Crippen LogP) is 1.34. The van der Waals surface area contributed by atoms with Gasteiger partial charge in [0.1, 0.15) is 0 Å². The van der Waals surface area contributed by atoms with Crippen molar-refractivity contribution in [3.05, 3.63) is 12.2 Å². The number of methoxy groups -OCH3 is 1. The van der Waals surface area contributed by atoms with E-state index in [0.29, 0.717) is 0 Å². The molecule has 0 radical (unpaired) electrons. The fourth-order valence-corrected chi connectivity index (χ4v) is 0.352. The third kappa shape index (κ3) is 5.37. The monoisotopic (exact) mass is 148 g/mol. The molecule has 9 heavy (non-hydrogen) atoms. The van der Waals surface area contributed by atoms with E-state index >= 15 is 0 Å². The summed E-state index contributed by atoms with van der Waals surface area (Å²) in [5.74, 6) is -0.373. The number of hydrogen-bond acceptors (Lipinski definition) is 2. The van der Waals surface area contributed by atoms with Gasteiger partial charge in [-0.05, 0) is 6.92 Å². The van der Waals surface area contributed by atoms with Crippen LogP contribution in [0.1, 0.15) is 6.92 Å². The zero-order chi connectivity index (χ0) is 7.28. The molecule has 0 saturated carbocycles. The van der Waals surface area contributed by atoms with Gasteiger partial charge in [-0.1, -0.05) is 6.08 Å². The minimum absolute atomic E-state index is 0.121. The zero-order valence-electron chi connectivity index (χ0n) is 5.43. The van der Waals surface area contributed by atoms with Crippen molar-refractivity contribution in [1.82, 2.24) is 0 Å². The van der Waals surface area contributed by atoms with Gasteiger partial charge in [-0.2, -0.15) is 0 Å². The van der Waals surface area contributed by atoms with Crippen LogP contribution in [0.3, 0.4) is 0 Å². The molecule has 0 aliphatic heterocycles. The van der Waals surface area contributed by atoms with E-state index in [9.17, 15) is 4.79 Å². The van der Waals surface area contributed by atoms with Crippen LogP contribution in [0.4, 0.5) is 0 Å². The molecule has 0 fully saturated rings. The molecule has 0 N–H and O–H groups in total. The summed E-state index contributed by atoms with van der Waals surface area (Å²) in [5.41, 5.74) is 0. The second kappa shape index (κ2) is 4.39. The van der Waals surface area contributed by atoms with Gasteiger partial charge in [0, 0.05) is 11.5 Å². The first-order valence-corrected chi connectivity index (χ1v) is 3.00. The number of carbonyl (C=O) groups excluding carboxylic acids is 1. The Balaban J connectivity index is 3.57. The Hall–Kier alpha value is -0.500. The molecule has 0 amide bonds. The second-order valence-electron chi connectivity index (χ2n) is 1.56. The Labute approximate surface area is 59.5 Å². The Bertz CT molecular complexity index is 118. The molecule has 1 unspecified atom stereocenters. The summed E-state index contributed by atoms with van der Waals surface area (Å²) in [5, 5.41) is -0.121. The first-order chi connectivity index (χ1) is 4.16. The highest BCUT2D eigenvalue weighted by molar-refractivity contribution is 6.21. The molecule has 0 aliphatic rings. The van der Waals surface area contributed by atoms with Gasteiger partial charge in [0.2, 0.25) is 0 Å². The van der Waals surface area contributed by atoms with Crippen molar-refractivity contribution in [3.63, 3.8) is 0 Å². The number of allylic oxidation sites excluding steroid dienone is 1. The molecule has 0 spiro atoms. The highest BCUT2D eigenvalue weighted by Crippen LogP contribution is 1.94. The number of halogens is 1. The van der Waals surface area contributed by atoms with Gasteiger partial charge in [-0.25, -0.2) is 4.79 Å². The summed E-state index contributed by atoms with van der Waals surface area (Å²) in [6.45, 7) is 1.76. The normalized spacial score (nSPS) is 13.7. The molecule has 3 heteroatoms. The lowest BCUT2D eigenvalue weighted by Gasteiger charge is -1.90. The van der Waals surface area contributed by atoms with E-state index in [1.807, 2.05) is 0 Å². The molecule has 2 nitrogen and oxygen atoms in total. The van der Waals surface area contributed by atoms with Crippen LogP contribution in [-0.4, -0.2) is 18.5 Å². The molecule has 1 atom stereocenters. The minimum atomic E-state index is -0.373. The van der Waals surface area contributed by atoms with Crippen LogP contribution >= 0.6 is 11.6 Å². The van der Waals surface area contributed by atoms with Crippen molar-refractivity contribution < 1.29 is 9.53 Å². The fraction of sp³-hybridized carbons (Fsp3) is 0.500. The van der Waals surface area contributed by atoms with Gasteiger partial charge in [0.15, 0.2) is 0 Å². The van der Waals surface area contributed by atoms with Crippen LogP contribution in [0, 0.1) is 0 Å². The van der Waals surface area contributed by atoms with E-state index in [1.165, 1.54) is 13.2 Å². The smallest absolute Gasteiger partial charge is 0.330 e. The van der Waals surface area contributed by atoms with Crippen molar-refractivity contribution in [2.75, 3.05) is 7.11 Å². The zero-order valence-corrected chi connectivity index (χ0v) is 6.18. The van der Waals surface area contributed by atoms with Gasteiger partial charge in [-0.3, -0.25) is 0 Å². The summed E-state index contributed by atoms with van der Waals surface area (Å²) in [6.07, 6.45) is 2.87. The third-order valence-corrected chi connectivity index (χ3v) is 0.844. The number of rotatable bonds is 2. The average molecular weight is 149 g/mol. The van der Waals surface area contributed by atoms with E-state index in [2.05, 4.69) is 4.74 Å². The van der Waals surface area contributed by atoms with Gasteiger partial charge < -0.3 is 4.74 Å². The minimum Gasteiger partial charge on any atom is -0.466 e. The Morgan fingerprint density at radius 2 is 2.33 bits per heavy atom. The number of esters is 1. The Kier molecular flexibility index (Phi) is 4.14. The van der Waals surface area contributed by atoms with Crippen molar-refractivity contribution in [3.8, 4) is 0 Å². The van der Waals surface area contributed by atoms with Gasteiger partial charge in [-0.15, -0.1) is 11.6 Å². The lowest BCUT2D eigenvalue weighted by molar-refractivity contribution is -0.134. The maximum atomic E-state index is 10.3. The van der Waals surface area contributed by atoms with Crippen molar-refractivity contribution in [2.24, 2.45) is 0 Å². The van der Waals surface area contributed by atoms with Gasteiger partial charge >= 0.3 is 5.97 Å². The molecule has 0 rings (SSSR count). The van der Waals surface area contributed by atoms with E-state index in [4.69, 9.17) is 11.6 Å². The molecule has 0 saturated heterocycles. The lowest BCUT2D eigenvalue weighted by Crippen LogP contribution is -1.95. The highest BCUT2D eigenvalue weighted by Gasteiger charge is 1.91. The lowest BCUT2D eigenvalue weighted by atomic mass is 10.4. The predicted molar refractivity (Wildman–Crippen MR) is 36.5 cm³/mol. The van der Waals surface area contributed by atoms with E-state index in [0.717, 1.165) is 0 Å². The molecule has 0 aliphatic carbocycles. The Morgan fingerprint density at radius 1 is 1.78 bits per heavy atom. The molecular weight excluding hydrogens is 140 g/mol. The number of ether oxygens (including phenoxy) is 1. The quantitative estimate of drug-likeness (QED) is 0.336. The first-order valence-electron chi connectivity index (χ1n) is 2.57. The van der Waals surface area contributed by atoms with Gasteiger partial charge in [0.25, 0.3) is 0 Å². The largest absolute Gasteiger partial charge is 0.466 e. The van der Waals surface area contributed by atoms with Crippen molar-refractivity contribution in [1.29, 1.82) is 0 Å². The third-order valence-electron chi connectivity index (χ3n) is 0.699. The summed E-state index contributed by atoms with van der Waals surface area (Å²) >= 11 is 5.48. The standard InChI is InChI=1S/C6H9ClO2/c1-5(7)3-4-6(8)9-2/h3-5H,1-2H3. The van der Waals surface area contributed by atoms with E-state index in [1.54, 1.807) is 13.0 Å². The molecule has 0 aromatic carbocycles. The molecule has 0 aromatic rings. The molecule has 0 heterocycles. The van der Waals surface area contributed by atoms with E-state index in [-0.39, 0.29) is 11.3 Å². The van der Waals surface area contributed by atoms with Crippen LogP contribution in [0.5, 0.6) is 0 Å². The van der Waals surface area contributed by atoms with Crippen LogP contribution in [0.2, 0.25) is 0 Å². The van der Waals surface area contributed by atoms with Crippen LogP contribution < -0.4 is 0 Å². The summed E-state index contributed by atoms with van der Waals surface area (Å²) in [4.78, 5) is 10.3. The molecule has 0 aromatic heterocycles. The molecule has 52 valence electrons. The topological polar surface area (TPSA) is 26.3 Å². The van der Waals surface area contributed by atoms with E-state index < -0.39 is 0 Å². The second-order valence-corrected chi connectivity index (χ2v) is 2.25. The maximum absolute atomic E-state index is 10.3. The number of alkyl halides is 1. The number of carbonyl (C=O) groups is 1. The van der Waals surface area contributed by atoms with Crippen molar-refractivity contribution in [2.45, 2.75) is 12.3 Å².